The summed E-state index contributed by atoms with van der Waals surface area (Å²) in [5.41, 5.74) is 8.10. The predicted molar refractivity (Wildman–Crippen MR) is 85.3 cm³/mol. The maximum atomic E-state index is 6.45. The summed E-state index contributed by atoms with van der Waals surface area (Å²) in [6.45, 7) is 2.89. The van der Waals surface area contributed by atoms with Crippen LogP contribution in [0.3, 0.4) is 0 Å². The molecule has 108 valence electrons. The lowest BCUT2D eigenvalue weighted by Crippen LogP contribution is -2.19. The molecule has 0 fully saturated rings. The van der Waals surface area contributed by atoms with Crippen LogP contribution in [-0.4, -0.2) is 14.8 Å². The second-order valence-corrected chi connectivity index (χ2v) is 5.40. The molecule has 0 saturated carbocycles. The monoisotopic (exact) mass is 300 g/mol. The summed E-state index contributed by atoms with van der Waals surface area (Å²) in [7, 11) is 0. The Hall–Kier alpha value is -1.91. The Kier molecular flexibility index (Phi) is 3.90. The minimum absolute atomic E-state index is 0.391. The number of hydrogen-bond donors (Lipinski definition) is 1. The molecule has 0 bridgehead atoms. The number of nitrogens with zero attached hydrogens (tertiary/aromatic N) is 3. The van der Waals surface area contributed by atoms with Crippen LogP contribution in [0, 0.1) is 0 Å². The first-order chi connectivity index (χ1) is 10.2. The molecule has 0 radical (unpaired) electrons. The highest BCUT2D eigenvalue weighted by Crippen LogP contribution is 2.29. The average Bonchev–Trinajstić information content (AvgIpc) is 2.87. The van der Waals surface area contributed by atoms with Crippen LogP contribution in [0.1, 0.15) is 30.8 Å². The van der Waals surface area contributed by atoms with E-state index in [9.17, 15) is 0 Å². The van der Waals surface area contributed by atoms with E-state index in [0.29, 0.717) is 5.02 Å². The van der Waals surface area contributed by atoms with Crippen LogP contribution in [0.4, 0.5) is 0 Å². The number of nitrogens with two attached hydrogens (primary N) is 1. The molecule has 0 spiro atoms. The molecule has 0 aliphatic heterocycles. The van der Waals surface area contributed by atoms with Gasteiger partial charge in [0.2, 0.25) is 0 Å². The van der Waals surface area contributed by atoms with Gasteiger partial charge in [0.1, 0.15) is 0 Å². The van der Waals surface area contributed by atoms with E-state index >= 15 is 0 Å². The maximum Gasteiger partial charge on any atom is 0.0918 e. The summed E-state index contributed by atoms with van der Waals surface area (Å²) < 4.78 is 1.87. The highest BCUT2D eigenvalue weighted by Gasteiger charge is 2.21. The normalized spacial score (nSPS) is 12.7. The van der Waals surface area contributed by atoms with Gasteiger partial charge < -0.3 is 5.73 Å². The minimum atomic E-state index is -0.391. The molecule has 0 saturated heterocycles. The standard InChI is InChI=1S/C16H17ClN4/c1-2-9-21-16(13(17)10-20-21)14(18)15-12-6-4-3-5-11(12)7-8-19-15/h3-8,10,14H,2,9,18H2,1H3. The van der Waals surface area contributed by atoms with Gasteiger partial charge in [-0.3, -0.25) is 9.67 Å². The number of halogens is 1. The van der Waals surface area contributed by atoms with Gasteiger partial charge in [0.15, 0.2) is 0 Å². The van der Waals surface area contributed by atoms with E-state index in [-0.39, 0.29) is 0 Å². The van der Waals surface area contributed by atoms with Gasteiger partial charge in [-0.15, -0.1) is 0 Å². The molecule has 0 amide bonds. The first-order valence-electron chi connectivity index (χ1n) is 7.02. The molecule has 4 nitrogen and oxygen atoms in total. The van der Waals surface area contributed by atoms with Crippen molar-refractivity contribution in [2.24, 2.45) is 5.73 Å². The topological polar surface area (TPSA) is 56.7 Å². The van der Waals surface area contributed by atoms with Crippen LogP contribution < -0.4 is 5.73 Å². The van der Waals surface area contributed by atoms with Crippen molar-refractivity contribution in [2.45, 2.75) is 25.9 Å². The number of benzene rings is 1. The van der Waals surface area contributed by atoms with Gasteiger partial charge in [-0.25, -0.2) is 0 Å². The maximum absolute atomic E-state index is 6.45. The Morgan fingerprint density at radius 2 is 2.10 bits per heavy atom. The number of hydrogen-bond acceptors (Lipinski definition) is 3. The van der Waals surface area contributed by atoms with Crippen LogP contribution in [0.25, 0.3) is 10.8 Å². The molecule has 21 heavy (non-hydrogen) atoms. The molecule has 2 N–H and O–H groups in total. The van der Waals surface area contributed by atoms with E-state index in [1.165, 1.54) is 0 Å². The summed E-state index contributed by atoms with van der Waals surface area (Å²) in [5.74, 6) is 0. The third kappa shape index (κ3) is 2.52. The SMILES string of the molecule is CCCn1ncc(Cl)c1C(N)c1nccc2ccccc12. The Morgan fingerprint density at radius 3 is 2.90 bits per heavy atom. The fourth-order valence-electron chi connectivity index (χ4n) is 2.59. The smallest absolute Gasteiger partial charge is 0.0918 e. The molecule has 2 aromatic heterocycles. The summed E-state index contributed by atoms with van der Waals surface area (Å²) in [6.07, 6.45) is 4.41. The van der Waals surface area contributed by atoms with Gasteiger partial charge in [-0.05, 0) is 17.9 Å². The van der Waals surface area contributed by atoms with Crippen LogP contribution in [0.2, 0.25) is 5.02 Å². The van der Waals surface area contributed by atoms with Crippen molar-refractivity contribution >= 4 is 22.4 Å². The van der Waals surface area contributed by atoms with Gasteiger partial charge in [-0.2, -0.15) is 5.10 Å². The van der Waals surface area contributed by atoms with Crippen LogP contribution >= 0.6 is 11.6 Å². The Balaban J connectivity index is 2.13. The largest absolute Gasteiger partial charge is 0.318 e. The van der Waals surface area contributed by atoms with Gasteiger partial charge in [0.25, 0.3) is 0 Å². The average molecular weight is 301 g/mol. The van der Waals surface area contributed by atoms with Gasteiger partial charge >= 0.3 is 0 Å². The highest BCUT2D eigenvalue weighted by atomic mass is 35.5. The number of aryl methyl sites for hydroxylation is 1. The molecule has 0 aliphatic carbocycles. The van der Waals surface area contributed by atoms with Crippen molar-refractivity contribution in [2.75, 3.05) is 0 Å². The molecule has 1 aromatic carbocycles. The predicted octanol–water partition coefficient (Wildman–Crippen LogP) is 3.54. The summed E-state index contributed by atoms with van der Waals surface area (Å²) in [5, 5.41) is 7.07. The van der Waals surface area contributed by atoms with E-state index in [1.54, 1.807) is 12.4 Å². The first-order valence-corrected chi connectivity index (χ1v) is 7.40. The number of aromatic nitrogens is 3. The molecular formula is C16H17ClN4. The second kappa shape index (κ2) is 5.84. The number of pyridine rings is 1. The second-order valence-electron chi connectivity index (χ2n) is 5.00. The van der Waals surface area contributed by atoms with Crippen molar-refractivity contribution < 1.29 is 0 Å². The van der Waals surface area contributed by atoms with Crippen LogP contribution in [-0.2, 0) is 6.54 Å². The van der Waals surface area contributed by atoms with Crippen molar-refractivity contribution in [3.63, 3.8) is 0 Å². The van der Waals surface area contributed by atoms with Gasteiger partial charge in [-0.1, -0.05) is 42.8 Å². The van der Waals surface area contributed by atoms with Crippen LogP contribution in [0.15, 0.2) is 42.7 Å². The van der Waals surface area contributed by atoms with Crippen molar-refractivity contribution in [1.82, 2.24) is 14.8 Å². The van der Waals surface area contributed by atoms with E-state index < -0.39 is 6.04 Å². The molecule has 1 unspecified atom stereocenters. The van der Waals surface area contributed by atoms with E-state index in [2.05, 4.69) is 23.1 Å². The third-order valence-electron chi connectivity index (χ3n) is 3.56. The molecule has 3 rings (SSSR count). The van der Waals surface area contributed by atoms with Gasteiger partial charge in [0.05, 0.1) is 28.6 Å². The zero-order valence-corrected chi connectivity index (χ0v) is 12.6. The quantitative estimate of drug-likeness (QED) is 0.801. The number of rotatable bonds is 4. The summed E-state index contributed by atoms with van der Waals surface area (Å²) in [6, 6.07) is 9.68. The van der Waals surface area contributed by atoms with Crippen molar-refractivity contribution in [1.29, 1.82) is 0 Å². The van der Waals surface area contributed by atoms with E-state index in [0.717, 1.165) is 35.1 Å². The molecule has 1 atom stereocenters. The molecule has 0 aliphatic rings. The lowest BCUT2D eigenvalue weighted by Gasteiger charge is -2.16. The Bertz CT molecular complexity index is 761. The molecule has 5 heteroatoms. The van der Waals surface area contributed by atoms with Crippen molar-refractivity contribution in [3.8, 4) is 0 Å². The van der Waals surface area contributed by atoms with E-state index in [4.69, 9.17) is 17.3 Å². The zero-order chi connectivity index (χ0) is 14.8. The lowest BCUT2D eigenvalue weighted by molar-refractivity contribution is 0.558. The van der Waals surface area contributed by atoms with Crippen LogP contribution in [0.5, 0.6) is 0 Å². The highest BCUT2D eigenvalue weighted by molar-refractivity contribution is 6.31. The van der Waals surface area contributed by atoms with E-state index in [1.807, 2.05) is 28.9 Å². The van der Waals surface area contributed by atoms with Crippen molar-refractivity contribution in [3.05, 3.63) is 59.1 Å². The third-order valence-corrected chi connectivity index (χ3v) is 3.85. The Labute approximate surface area is 128 Å². The molecule has 3 aromatic rings. The summed E-state index contributed by atoms with van der Waals surface area (Å²) in [4.78, 5) is 4.48. The number of fused-ring (bicyclic) bond motifs is 1. The summed E-state index contributed by atoms with van der Waals surface area (Å²) >= 11 is 6.29. The first kappa shape index (κ1) is 14.0. The fourth-order valence-corrected chi connectivity index (χ4v) is 2.85. The Morgan fingerprint density at radius 1 is 1.29 bits per heavy atom. The van der Waals surface area contributed by atoms with Gasteiger partial charge in [0, 0.05) is 18.1 Å². The minimum Gasteiger partial charge on any atom is -0.318 e. The fraction of sp³-hybridized carbons (Fsp3) is 0.250. The molecule has 2 heterocycles. The zero-order valence-electron chi connectivity index (χ0n) is 11.8. The lowest BCUT2D eigenvalue weighted by atomic mass is 10.0. The molecular weight excluding hydrogens is 284 g/mol.